The molecule has 1 aliphatic rings. The third kappa shape index (κ3) is 3.76. The van der Waals surface area contributed by atoms with E-state index in [1.54, 1.807) is 12.1 Å². The molecule has 5 nitrogen and oxygen atoms in total. The molecule has 0 spiro atoms. The molecule has 2 aromatic rings. The number of nitrogens with zero attached hydrogens (tertiary/aromatic N) is 1. The molecule has 2 N–H and O–H groups in total. The Morgan fingerprint density at radius 2 is 2.08 bits per heavy atom. The third-order valence-corrected chi connectivity index (χ3v) is 5.08. The number of halogens is 1. The van der Waals surface area contributed by atoms with Gasteiger partial charge in [0.1, 0.15) is 5.82 Å². The predicted octanol–water partition coefficient (Wildman–Crippen LogP) is 4.01. The smallest absolute Gasteiger partial charge is 0.306 e. The highest BCUT2D eigenvalue weighted by Crippen LogP contribution is 2.36. The number of nitrogens with one attached hydrogen (secondary N) is 1. The number of unbranched alkanes of at least 4 members (excludes halogenated alkanes) is 1. The molecule has 1 aromatic carbocycles. The number of aliphatic carboxylic acids is 1. The van der Waals surface area contributed by atoms with Crippen LogP contribution in [0.2, 0.25) is 5.02 Å². The molecular formula is C19H21ClN2O3. The number of rotatable bonds is 5. The summed E-state index contributed by atoms with van der Waals surface area (Å²) >= 11 is 5.92. The molecule has 0 radical (unpaired) electrons. The Labute approximate surface area is 151 Å². The van der Waals surface area contributed by atoms with Crippen molar-refractivity contribution >= 4 is 17.6 Å². The van der Waals surface area contributed by atoms with Crippen LogP contribution in [-0.4, -0.2) is 21.0 Å². The van der Waals surface area contributed by atoms with Crippen molar-refractivity contribution in [2.45, 2.75) is 44.9 Å². The summed E-state index contributed by atoms with van der Waals surface area (Å²) in [7, 11) is 0. The van der Waals surface area contributed by atoms with E-state index in [2.05, 4.69) is 11.9 Å². The molecule has 0 aliphatic heterocycles. The molecule has 0 amide bonds. The Balaban J connectivity index is 2.05. The minimum Gasteiger partial charge on any atom is -0.481 e. The molecule has 0 bridgehead atoms. The van der Waals surface area contributed by atoms with Crippen LogP contribution in [0.4, 0.5) is 0 Å². The quantitative estimate of drug-likeness (QED) is 0.843. The van der Waals surface area contributed by atoms with Crippen molar-refractivity contribution in [3.8, 4) is 11.4 Å². The lowest BCUT2D eigenvalue weighted by molar-refractivity contribution is -0.142. The molecule has 0 saturated heterocycles. The average molecular weight is 361 g/mol. The molecule has 25 heavy (non-hydrogen) atoms. The van der Waals surface area contributed by atoms with Crippen LogP contribution in [0.25, 0.3) is 11.4 Å². The van der Waals surface area contributed by atoms with E-state index in [9.17, 15) is 14.7 Å². The number of carboxylic acids is 1. The summed E-state index contributed by atoms with van der Waals surface area (Å²) in [5, 5.41) is 10.0. The molecule has 1 aliphatic carbocycles. The van der Waals surface area contributed by atoms with Gasteiger partial charge in [0.15, 0.2) is 0 Å². The summed E-state index contributed by atoms with van der Waals surface area (Å²) in [4.78, 5) is 31.6. The second kappa shape index (κ2) is 7.40. The number of carboxylic acid groups (broad SMARTS) is 1. The Bertz CT molecular complexity index is 830. The fraction of sp³-hybridized carbons (Fsp3) is 0.421. The van der Waals surface area contributed by atoms with Crippen molar-refractivity contribution in [1.82, 2.24) is 9.97 Å². The summed E-state index contributed by atoms with van der Waals surface area (Å²) < 4.78 is 0. The van der Waals surface area contributed by atoms with Gasteiger partial charge in [0, 0.05) is 22.1 Å². The first-order valence-electron chi connectivity index (χ1n) is 8.61. The van der Waals surface area contributed by atoms with Crippen LogP contribution in [0.5, 0.6) is 0 Å². The number of carbonyl (C=O) groups is 1. The van der Waals surface area contributed by atoms with E-state index in [4.69, 9.17) is 16.6 Å². The van der Waals surface area contributed by atoms with Gasteiger partial charge in [-0.2, -0.15) is 0 Å². The second-order valence-corrected chi connectivity index (χ2v) is 7.04. The molecule has 2 atom stereocenters. The third-order valence-electron chi connectivity index (χ3n) is 4.83. The zero-order valence-electron chi connectivity index (χ0n) is 14.1. The predicted molar refractivity (Wildman–Crippen MR) is 97.0 cm³/mol. The summed E-state index contributed by atoms with van der Waals surface area (Å²) in [5.41, 5.74) is 1.85. The van der Waals surface area contributed by atoms with Gasteiger partial charge in [-0.05, 0) is 43.5 Å². The van der Waals surface area contributed by atoms with Crippen LogP contribution in [0, 0.1) is 5.92 Å². The molecule has 3 rings (SSSR count). The number of hydrogen-bond donors (Lipinski definition) is 2. The van der Waals surface area contributed by atoms with Crippen LogP contribution in [0.3, 0.4) is 0 Å². The van der Waals surface area contributed by atoms with Gasteiger partial charge in [-0.3, -0.25) is 9.59 Å². The van der Waals surface area contributed by atoms with Gasteiger partial charge in [-0.25, -0.2) is 4.98 Å². The maximum absolute atomic E-state index is 12.6. The summed E-state index contributed by atoms with van der Waals surface area (Å²) in [6.45, 7) is 2.10. The summed E-state index contributed by atoms with van der Waals surface area (Å²) in [6, 6.07) is 7.14. The number of hydrogen-bond acceptors (Lipinski definition) is 3. The Morgan fingerprint density at radius 3 is 2.72 bits per heavy atom. The molecule has 2 unspecified atom stereocenters. The van der Waals surface area contributed by atoms with E-state index in [1.807, 2.05) is 12.1 Å². The molecule has 132 valence electrons. The number of benzene rings is 1. The molecule has 1 aromatic heterocycles. The van der Waals surface area contributed by atoms with Crippen molar-refractivity contribution in [2.75, 3.05) is 0 Å². The van der Waals surface area contributed by atoms with Crippen molar-refractivity contribution in [3.05, 3.63) is 50.9 Å². The lowest BCUT2D eigenvalue weighted by atomic mass is 9.78. The van der Waals surface area contributed by atoms with Gasteiger partial charge in [0.25, 0.3) is 5.56 Å². The molecular weight excluding hydrogens is 340 g/mol. The highest BCUT2D eigenvalue weighted by molar-refractivity contribution is 6.30. The summed E-state index contributed by atoms with van der Waals surface area (Å²) in [5.74, 6) is -0.833. The van der Waals surface area contributed by atoms with Crippen molar-refractivity contribution in [2.24, 2.45) is 5.92 Å². The highest BCUT2D eigenvalue weighted by Gasteiger charge is 2.34. The second-order valence-electron chi connectivity index (χ2n) is 6.60. The normalized spacial score (nSPS) is 19.4. The Kier molecular flexibility index (Phi) is 5.23. The van der Waals surface area contributed by atoms with Gasteiger partial charge in [0.2, 0.25) is 0 Å². The zero-order valence-corrected chi connectivity index (χ0v) is 14.8. The minimum atomic E-state index is -0.840. The molecule has 0 fully saturated rings. The fourth-order valence-corrected chi connectivity index (χ4v) is 3.60. The lowest BCUT2D eigenvalue weighted by Crippen LogP contribution is -2.32. The van der Waals surface area contributed by atoms with Gasteiger partial charge in [-0.1, -0.05) is 31.4 Å². The van der Waals surface area contributed by atoms with Crippen LogP contribution in [0.1, 0.15) is 49.8 Å². The van der Waals surface area contributed by atoms with Gasteiger partial charge in [0.05, 0.1) is 11.6 Å². The average Bonchev–Trinajstić information content (AvgIpc) is 2.60. The van der Waals surface area contributed by atoms with E-state index in [1.165, 1.54) is 0 Å². The zero-order chi connectivity index (χ0) is 18.0. The monoisotopic (exact) mass is 360 g/mol. The van der Waals surface area contributed by atoms with Crippen molar-refractivity contribution < 1.29 is 9.90 Å². The van der Waals surface area contributed by atoms with Gasteiger partial charge in [-0.15, -0.1) is 0 Å². The van der Waals surface area contributed by atoms with Crippen molar-refractivity contribution in [3.63, 3.8) is 0 Å². The Morgan fingerprint density at radius 1 is 1.36 bits per heavy atom. The molecule has 0 saturated carbocycles. The van der Waals surface area contributed by atoms with E-state index < -0.39 is 11.9 Å². The van der Waals surface area contributed by atoms with Crippen LogP contribution in [-0.2, 0) is 11.2 Å². The lowest BCUT2D eigenvalue weighted by Gasteiger charge is -2.28. The van der Waals surface area contributed by atoms with E-state index in [0.29, 0.717) is 22.8 Å². The largest absolute Gasteiger partial charge is 0.481 e. The first kappa shape index (κ1) is 17.7. The maximum atomic E-state index is 12.6. The van der Waals surface area contributed by atoms with Crippen LogP contribution >= 0.6 is 11.6 Å². The first-order chi connectivity index (χ1) is 12.0. The van der Waals surface area contributed by atoms with Crippen LogP contribution in [0.15, 0.2) is 29.1 Å². The van der Waals surface area contributed by atoms with Crippen LogP contribution < -0.4 is 5.56 Å². The highest BCUT2D eigenvalue weighted by atomic mass is 35.5. The van der Waals surface area contributed by atoms with E-state index in [0.717, 1.165) is 30.5 Å². The van der Waals surface area contributed by atoms with Crippen molar-refractivity contribution in [1.29, 1.82) is 0 Å². The maximum Gasteiger partial charge on any atom is 0.306 e. The molecule has 1 heterocycles. The van der Waals surface area contributed by atoms with E-state index >= 15 is 0 Å². The SMILES string of the molecule is CCCCC1CC(C(=O)O)Cc2c1nc(-c1ccc(Cl)cc1)[nH]c2=O. The van der Waals surface area contributed by atoms with Gasteiger partial charge >= 0.3 is 5.97 Å². The number of fused-ring (bicyclic) bond motifs is 1. The fourth-order valence-electron chi connectivity index (χ4n) is 3.47. The standard InChI is InChI=1S/C19H21ClN2O3/c1-2-3-4-12-9-13(19(24)25)10-15-16(12)21-17(22-18(15)23)11-5-7-14(20)8-6-11/h5-8,12-13H,2-4,9-10H2,1H3,(H,24,25)(H,21,22,23). The summed E-state index contributed by atoms with van der Waals surface area (Å²) in [6.07, 6.45) is 3.65. The van der Waals surface area contributed by atoms with Gasteiger partial charge < -0.3 is 10.1 Å². The van der Waals surface area contributed by atoms with E-state index in [-0.39, 0.29) is 17.9 Å². The number of aromatic amines is 1. The minimum absolute atomic E-state index is 0.0122. The topological polar surface area (TPSA) is 83.0 Å². The molecule has 6 heteroatoms. The number of aromatic nitrogens is 2. The number of H-pyrrole nitrogens is 1. The Hall–Kier alpha value is -2.14. The first-order valence-corrected chi connectivity index (χ1v) is 8.99.